The molecule has 4 aromatic rings. The number of furan rings is 1. The van der Waals surface area contributed by atoms with Crippen molar-refractivity contribution in [2.45, 2.75) is 0 Å². The minimum atomic E-state index is -0.601. The molecular weight excluding hydrogens is 441 g/mol. The van der Waals surface area contributed by atoms with Crippen molar-refractivity contribution in [1.82, 2.24) is 20.1 Å². The third-order valence-corrected chi connectivity index (χ3v) is 5.14. The summed E-state index contributed by atoms with van der Waals surface area (Å²) in [6.45, 7) is 7.93. The Bertz CT molecular complexity index is 1430. The van der Waals surface area contributed by atoms with E-state index in [9.17, 15) is 4.79 Å². The van der Waals surface area contributed by atoms with Crippen LogP contribution in [-0.4, -0.2) is 61.4 Å². The van der Waals surface area contributed by atoms with E-state index in [1.165, 1.54) is 24.1 Å². The monoisotopic (exact) mass is 463 g/mol. The van der Waals surface area contributed by atoms with Crippen molar-refractivity contribution in [1.29, 1.82) is 0 Å². The highest BCUT2D eigenvalue weighted by molar-refractivity contribution is 6.11. The van der Waals surface area contributed by atoms with Crippen LogP contribution in [0.4, 0.5) is 26.6 Å². The second kappa shape index (κ2) is 8.74. The topological polar surface area (TPSA) is 104 Å². The number of anilines is 2. The molecule has 11 heteroatoms. The highest BCUT2D eigenvalue weighted by atomic mass is 19.1. The van der Waals surface area contributed by atoms with Crippen LogP contribution in [0.1, 0.15) is 0 Å². The van der Waals surface area contributed by atoms with E-state index in [2.05, 4.69) is 25.3 Å². The van der Waals surface area contributed by atoms with Gasteiger partial charge in [0.25, 0.3) is 0 Å². The van der Waals surface area contributed by atoms with Gasteiger partial charge in [0.2, 0.25) is 5.69 Å². The van der Waals surface area contributed by atoms with Gasteiger partial charge in [-0.2, -0.15) is 5.10 Å². The fraction of sp³-hybridized carbons (Fsp3) is 0.217. The van der Waals surface area contributed by atoms with Crippen molar-refractivity contribution < 1.29 is 18.3 Å². The number of amides is 2. The van der Waals surface area contributed by atoms with Gasteiger partial charge in [-0.3, -0.25) is 10.4 Å². The number of hydrogen-bond acceptors (Lipinski definition) is 6. The van der Waals surface area contributed by atoms with Gasteiger partial charge < -0.3 is 19.0 Å². The zero-order valence-corrected chi connectivity index (χ0v) is 19.2. The number of aromatic amines is 1. The first-order valence-corrected chi connectivity index (χ1v) is 10.1. The number of halogens is 1. The molecule has 0 fully saturated rings. The summed E-state index contributed by atoms with van der Waals surface area (Å²) in [7, 11) is 8.26. The molecule has 0 aliphatic carbocycles. The molecule has 174 valence electrons. The number of rotatable bonds is 5. The van der Waals surface area contributed by atoms with Gasteiger partial charge in [0, 0.05) is 51.5 Å². The number of carbonyl (C=O) groups excluding carboxylic acids is 1. The largest absolute Gasteiger partial charge is 0.497 e. The van der Waals surface area contributed by atoms with E-state index in [1.54, 1.807) is 37.2 Å². The summed E-state index contributed by atoms with van der Waals surface area (Å²) in [4.78, 5) is 23.7. The van der Waals surface area contributed by atoms with Crippen molar-refractivity contribution in [2.75, 3.05) is 45.5 Å². The zero-order chi connectivity index (χ0) is 24.6. The number of pyridine rings is 1. The van der Waals surface area contributed by atoms with Crippen LogP contribution >= 0.6 is 0 Å². The Morgan fingerprint density at radius 3 is 2.59 bits per heavy atom. The van der Waals surface area contributed by atoms with Crippen LogP contribution in [0.5, 0.6) is 5.75 Å². The lowest BCUT2D eigenvalue weighted by Crippen LogP contribution is -2.27. The molecule has 0 unspecified atom stereocenters. The van der Waals surface area contributed by atoms with E-state index in [0.29, 0.717) is 28.3 Å². The predicted molar refractivity (Wildman–Crippen MR) is 127 cm³/mol. The van der Waals surface area contributed by atoms with Gasteiger partial charge in [-0.1, -0.05) is 0 Å². The summed E-state index contributed by atoms with van der Waals surface area (Å²) >= 11 is 0. The Balaban J connectivity index is 2.05. The number of H-pyrrole nitrogens is 1. The fourth-order valence-electron chi connectivity index (χ4n) is 3.41. The first kappa shape index (κ1) is 22.6. The third-order valence-electron chi connectivity index (χ3n) is 5.14. The quantitative estimate of drug-likeness (QED) is 0.414. The van der Waals surface area contributed by atoms with Gasteiger partial charge in [-0.25, -0.2) is 19.0 Å². The molecule has 0 bridgehead atoms. The van der Waals surface area contributed by atoms with Crippen molar-refractivity contribution >= 4 is 34.5 Å². The van der Waals surface area contributed by atoms with Crippen molar-refractivity contribution in [3.63, 3.8) is 0 Å². The number of aromatic nitrogens is 3. The molecule has 0 saturated carbocycles. The Morgan fingerprint density at radius 1 is 1.24 bits per heavy atom. The number of benzene rings is 1. The first-order valence-electron chi connectivity index (χ1n) is 10.1. The summed E-state index contributed by atoms with van der Waals surface area (Å²) < 4.78 is 26.1. The number of ether oxygens (including phenoxy) is 1. The SMILES string of the molecule is [C-]#[N+]c1c(-c2ccc(OC)cc2F)nc2[nH]nc(NC(=O)N(C)C)c2c1-c1ccc(N(C)C)o1. The molecule has 0 saturated heterocycles. The molecular formula is C23H22FN7O3. The third kappa shape index (κ3) is 3.86. The van der Waals surface area contributed by atoms with Gasteiger partial charge in [0.15, 0.2) is 17.3 Å². The van der Waals surface area contributed by atoms with Gasteiger partial charge in [-0.15, -0.1) is 0 Å². The molecule has 0 radical (unpaired) electrons. The van der Waals surface area contributed by atoms with E-state index in [-0.39, 0.29) is 28.4 Å². The van der Waals surface area contributed by atoms with Crippen LogP contribution < -0.4 is 15.0 Å². The van der Waals surface area contributed by atoms with Crippen molar-refractivity contribution in [2.24, 2.45) is 0 Å². The average Bonchev–Trinajstić information content (AvgIpc) is 3.45. The summed E-state index contributed by atoms with van der Waals surface area (Å²) in [6.07, 6.45) is 0. The molecule has 0 aliphatic rings. The molecule has 10 nitrogen and oxygen atoms in total. The van der Waals surface area contributed by atoms with Crippen molar-refractivity contribution in [3.8, 4) is 28.3 Å². The fourth-order valence-corrected chi connectivity index (χ4v) is 3.41. The number of nitrogens with one attached hydrogen (secondary N) is 2. The molecule has 4 rings (SSSR count). The summed E-state index contributed by atoms with van der Waals surface area (Å²) in [5, 5.41) is 10.0. The lowest BCUT2D eigenvalue weighted by Gasteiger charge is -2.14. The Labute approximate surface area is 194 Å². The predicted octanol–water partition coefficient (Wildman–Crippen LogP) is 4.74. The zero-order valence-electron chi connectivity index (χ0n) is 19.2. The maximum Gasteiger partial charge on any atom is 0.322 e. The van der Waals surface area contributed by atoms with E-state index < -0.39 is 11.8 Å². The summed E-state index contributed by atoms with van der Waals surface area (Å²) in [5.74, 6) is 0.806. The maximum atomic E-state index is 15.0. The number of carbonyl (C=O) groups is 1. The summed E-state index contributed by atoms with van der Waals surface area (Å²) in [6, 6.07) is 7.35. The molecule has 0 spiro atoms. The van der Waals surface area contributed by atoms with Gasteiger partial charge in [0.05, 0.1) is 24.8 Å². The van der Waals surface area contributed by atoms with Gasteiger partial charge >= 0.3 is 6.03 Å². The molecule has 3 aromatic heterocycles. The van der Waals surface area contributed by atoms with E-state index in [0.717, 1.165) is 0 Å². The molecule has 0 atom stereocenters. The van der Waals surface area contributed by atoms with E-state index >= 15 is 4.39 Å². The van der Waals surface area contributed by atoms with Crippen LogP contribution in [0.15, 0.2) is 34.7 Å². The van der Waals surface area contributed by atoms with Gasteiger partial charge in [-0.05, 0) is 18.2 Å². The molecule has 0 aliphatic heterocycles. The lowest BCUT2D eigenvalue weighted by molar-refractivity contribution is 0.230. The minimum Gasteiger partial charge on any atom is -0.497 e. The highest BCUT2D eigenvalue weighted by Crippen LogP contribution is 2.46. The lowest BCUT2D eigenvalue weighted by atomic mass is 10.0. The molecule has 34 heavy (non-hydrogen) atoms. The number of fused-ring (bicyclic) bond motifs is 1. The second-order valence-electron chi connectivity index (χ2n) is 7.79. The van der Waals surface area contributed by atoms with Crippen LogP contribution in [0.25, 0.3) is 38.5 Å². The molecule has 2 amide bonds. The molecule has 1 aromatic carbocycles. The summed E-state index contributed by atoms with van der Waals surface area (Å²) in [5.41, 5.74) is 0.862. The minimum absolute atomic E-state index is 0.0537. The van der Waals surface area contributed by atoms with E-state index in [1.807, 2.05) is 14.1 Å². The Kier molecular flexibility index (Phi) is 5.81. The Morgan fingerprint density at radius 2 is 2.00 bits per heavy atom. The van der Waals surface area contributed by atoms with Crippen LogP contribution in [0, 0.1) is 12.4 Å². The number of methoxy groups -OCH3 is 1. The second-order valence-corrected chi connectivity index (χ2v) is 7.79. The molecule has 3 heterocycles. The van der Waals surface area contributed by atoms with E-state index in [4.69, 9.17) is 15.7 Å². The van der Waals surface area contributed by atoms with Crippen molar-refractivity contribution in [3.05, 3.63) is 47.6 Å². The molecule has 2 N–H and O–H groups in total. The average molecular weight is 463 g/mol. The number of hydrogen-bond donors (Lipinski definition) is 2. The number of nitrogens with zero attached hydrogens (tertiary/aromatic N) is 5. The van der Waals surface area contributed by atoms with Crippen LogP contribution in [0.2, 0.25) is 0 Å². The van der Waals surface area contributed by atoms with Gasteiger partial charge in [0.1, 0.15) is 17.3 Å². The van der Waals surface area contributed by atoms with Crippen LogP contribution in [-0.2, 0) is 0 Å². The standard InChI is InChI=1S/C23H22FN7O3/c1-25-20-17(15-9-10-16(34-15)30(2)3)18-21(28-29-22(18)27-23(32)31(4)5)26-19(20)13-8-7-12(33-6)11-14(13)24/h7-11H,2-6H3,(H2,26,27,28,29,32). The smallest absolute Gasteiger partial charge is 0.322 e. The highest BCUT2D eigenvalue weighted by Gasteiger charge is 2.26. The Hall–Kier alpha value is -4.59. The van der Waals surface area contributed by atoms with Crippen LogP contribution in [0.3, 0.4) is 0 Å². The normalized spacial score (nSPS) is 10.7. The number of urea groups is 1. The maximum absolute atomic E-state index is 15.0. The first-order chi connectivity index (χ1) is 16.2.